The number of likely N-dealkylation sites (tertiary alicyclic amines) is 1. The zero-order valence-electron chi connectivity index (χ0n) is 18.8. The maximum Gasteiger partial charge on any atom is 0.411 e. The van der Waals surface area contributed by atoms with Gasteiger partial charge in [-0.25, -0.2) is 4.79 Å². The van der Waals surface area contributed by atoms with E-state index in [2.05, 4.69) is 34.1 Å². The summed E-state index contributed by atoms with van der Waals surface area (Å²) in [5.74, 6) is 1.76. The van der Waals surface area contributed by atoms with Gasteiger partial charge in [0.05, 0.1) is 5.88 Å². The molecule has 8 heteroatoms. The van der Waals surface area contributed by atoms with Crippen LogP contribution in [0.25, 0.3) is 0 Å². The maximum absolute atomic E-state index is 13.2. The molecular formula is C23H34N4O3S. The second kappa shape index (κ2) is 9.28. The highest BCUT2D eigenvalue weighted by Crippen LogP contribution is 2.29. The van der Waals surface area contributed by atoms with Crippen molar-refractivity contribution in [2.75, 3.05) is 55.8 Å². The minimum absolute atomic E-state index is 0.0706. The van der Waals surface area contributed by atoms with Crippen molar-refractivity contribution in [1.82, 2.24) is 14.7 Å². The number of hydrogen-bond acceptors (Lipinski definition) is 6. The van der Waals surface area contributed by atoms with Crippen molar-refractivity contribution in [3.8, 4) is 0 Å². The third kappa shape index (κ3) is 5.29. The molecule has 2 amide bonds. The van der Waals surface area contributed by atoms with Crippen molar-refractivity contribution >= 4 is 29.4 Å². The molecule has 0 aliphatic carbocycles. The van der Waals surface area contributed by atoms with Gasteiger partial charge in [0.1, 0.15) is 11.6 Å². The first-order chi connectivity index (χ1) is 14.8. The van der Waals surface area contributed by atoms with E-state index in [1.165, 1.54) is 5.69 Å². The smallest absolute Gasteiger partial charge is 0.411 e. The van der Waals surface area contributed by atoms with Gasteiger partial charge in [-0.2, -0.15) is 0 Å². The van der Waals surface area contributed by atoms with E-state index >= 15 is 0 Å². The first-order valence-electron chi connectivity index (χ1n) is 11.2. The van der Waals surface area contributed by atoms with E-state index in [1.807, 2.05) is 31.7 Å². The second-order valence-electron chi connectivity index (χ2n) is 9.54. The topological polar surface area (TPSA) is 56.3 Å². The Morgan fingerprint density at radius 2 is 1.74 bits per heavy atom. The van der Waals surface area contributed by atoms with Crippen LogP contribution in [0, 0.1) is 0 Å². The van der Waals surface area contributed by atoms with Crippen molar-refractivity contribution in [2.45, 2.75) is 44.9 Å². The van der Waals surface area contributed by atoms with Crippen molar-refractivity contribution in [2.24, 2.45) is 0 Å². The number of carbonyl (C=O) groups excluding carboxylic acids is 2. The van der Waals surface area contributed by atoms with Crippen molar-refractivity contribution < 1.29 is 14.3 Å². The summed E-state index contributed by atoms with van der Waals surface area (Å²) in [6, 6.07) is 10.3. The number of para-hydroxylation sites is 1. The normalized spacial score (nSPS) is 25.2. The fourth-order valence-corrected chi connectivity index (χ4v) is 5.57. The highest BCUT2D eigenvalue weighted by Gasteiger charge is 2.45. The van der Waals surface area contributed by atoms with Crippen LogP contribution in [0.2, 0.25) is 0 Å². The molecule has 2 atom stereocenters. The van der Waals surface area contributed by atoms with Crippen LogP contribution in [0.4, 0.5) is 10.5 Å². The summed E-state index contributed by atoms with van der Waals surface area (Å²) in [6.45, 7) is 10.7. The third-order valence-corrected chi connectivity index (χ3v) is 7.17. The largest absolute Gasteiger partial charge is 0.444 e. The Bertz CT molecular complexity index is 771. The van der Waals surface area contributed by atoms with E-state index < -0.39 is 11.6 Å². The fraction of sp³-hybridized carbons (Fsp3) is 0.652. The molecule has 0 radical (unpaired) electrons. The lowest BCUT2D eigenvalue weighted by Gasteiger charge is -2.39. The Hall–Kier alpha value is -1.93. The van der Waals surface area contributed by atoms with E-state index in [0.717, 1.165) is 44.4 Å². The molecule has 1 aromatic carbocycles. The standard InChI is InChI=1S/C23H34N4O3S/c1-23(2,3)30-22(29)27-16-19(15-20(27)21(28)26-13-14-31-17-26)25-11-9-24(10-12-25)18-7-5-4-6-8-18/h4-8,19-20H,9-17H2,1-3H3/t19-,20-/m0/s1. The van der Waals surface area contributed by atoms with Crippen LogP contribution >= 0.6 is 11.8 Å². The summed E-state index contributed by atoms with van der Waals surface area (Å²) in [5.41, 5.74) is 0.677. The van der Waals surface area contributed by atoms with Crippen molar-refractivity contribution in [3.05, 3.63) is 30.3 Å². The summed E-state index contributed by atoms with van der Waals surface area (Å²) in [7, 11) is 0. The van der Waals surface area contributed by atoms with Gasteiger partial charge >= 0.3 is 6.09 Å². The Kier molecular flexibility index (Phi) is 6.67. The lowest BCUT2D eigenvalue weighted by atomic mass is 10.1. The van der Waals surface area contributed by atoms with Crippen LogP contribution in [0.15, 0.2) is 30.3 Å². The summed E-state index contributed by atoms with van der Waals surface area (Å²) in [4.78, 5) is 34.6. The van der Waals surface area contributed by atoms with E-state index in [9.17, 15) is 9.59 Å². The number of piperazine rings is 1. The van der Waals surface area contributed by atoms with Crippen LogP contribution in [0.5, 0.6) is 0 Å². The Labute approximate surface area is 189 Å². The van der Waals surface area contributed by atoms with Gasteiger partial charge in [0.25, 0.3) is 0 Å². The van der Waals surface area contributed by atoms with E-state index in [0.29, 0.717) is 13.0 Å². The van der Waals surface area contributed by atoms with Crippen LogP contribution in [-0.4, -0.2) is 95.3 Å². The van der Waals surface area contributed by atoms with E-state index in [4.69, 9.17) is 4.74 Å². The number of benzene rings is 1. The predicted molar refractivity (Wildman–Crippen MR) is 124 cm³/mol. The van der Waals surface area contributed by atoms with E-state index in [1.54, 1.807) is 16.7 Å². The molecule has 0 spiro atoms. The number of anilines is 1. The molecule has 0 bridgehead atoms. The highest BCUT2D eigenvalue weighted by molar-refractivity contribution is 7.99. The second-order valence-corrected chi connectivity index (χ2v) is 10.6. The van der Waals surface area contributed by atoms with Gasteiger partial charge in [-0.15, -0.1) is 11.8 Å². The Morgan fingerprint density at radius 1 is 1.03 bits per heavy atom. The quantitative estimate of drug-likeness (QED) is 0.712. The lowest BCUT2D eigenvalue weighted by Crippen LogP contribution is -2.51. The number of ether oxygens (including phenoxy) is 1. The first kappa shape index (κ1) is 22.3. The molecule has 0 aromatic heterocycles. The first-order valence-corrected chi connectivity index (χ1v) is 12.4. The summed E-state index contributed by atoms with van der Waals surface area (Å²) in [6.07, 6.45) is 0.313. The molecule has 0 unspecified atom stereocenters. The minimum Gasteiger partial charge on any atom is -0.444 e. The molecule has 3 saturated heterocycles. The third-order valence-electron chi connectivity index (χ3n) is 6.21. The molecule has 3 fully saturated rings. The average Bonchev–Trinajstić information content (AvgIpc) is 3.43. The average molecular weight is 447 g/mol. The van der Waals surface area contributed by atoms with Gasteiger partial charge < -0.3 is 14.5 Å². The fourth-order valence-electron chi connectivity index (χ4n) is 4.62. The zero-order chi connectivity index (χ0) is 22.0. The molecule has 0 N–H and O–H groups in total. The molecule has 1 aromatic rings. The Balaban J connectivity index is 1.43. The summed E-state index contributed by atoms with van der Waals surface area (Å²) < 4.78 is 5.66. The monoisotopic (exact) mass is 446 g/mol. The molecule has 3 heterocycles. The number of hydrogen-bond donors (Lipinski definition) is 0. The maximum atomic E-state index is 13.2. The zero-order valence-corrected chi connectivity index (χ0v) is 19.6. The number of nitrogens with zero attached hydrogens (tertiary/aromatic N) is 4. The van der Waals surface area contributed by atoms with Gasteiger partial charge in [-0.05, 0) is 39.3 Å². The van der Waals surface area contributed by atoms with Crippen LogP contribution in [0.1, 0.15) is 27.2 Å². The van der Waals surface area contributed by atoms with Gasteiger partial charge in [-0.3, -0.25) is 14.6 Å². The van der Waals surface area contributed by atoms with Crippen molar-refractivity contribution in [3.63, 3.8) is 0 Å². The van der Waals surface area contributed by atoms with Gasteiger partial charge in [0.15, 0.2) is 0 Å². The number of amides is 2. The van der Waals surface area contributed by atoms with Crippen LogP contribution in [-0.2, 0) is 9.53 Å². The van der Waals surface area contributed by atoms with Crippen molar-refractivity contribution in [1.29, 1.82) is 0 Å². The minimum atomic E-state index is -0.576. The number of thioether (sulfide) groups is 1. The van der Waals surface area contributed by atoms with Gasteiger partial charge in [0.2, 0.25) is 5.91 Å². The molecule has 31 heavy (non-hydrogen) atoms. The van der Waals surface area contributed by atoms with Crippen LogP contribution < -0.4 is 4.90 Å². The SMILES string of the molecule is CC(C)(C)OC(=O)N1C[C@@H](N2CCN(c3ccccc3)CC2)C[C@H]1C(=O)N1CCSC1. The molecule has 170 valence electrons. The molecule has 3 aliphatic heterocycles. The van der Waals surface area contributed by atoms with Crippen LogP contribution in [0.3, 0.4) is 0 Å². The predicted octanol–water partition coefficient (Wildman–Crippen LogP) is 2.72. The summed E-state index contributed by atoms with van der Waals surface area (Å²) in [5, 5.41) is 0. The number of rotatable bonds is 3. The number of carbonyl (C=O) groups is 2. The van der Waals surface area contributed by atoms with E-state index in [-0.39, 0.29) is 18.0 Å². The van der Waals surface area contributed by atoms with Gasteiger partial charge in [0, 0.05) is 56.8 Å². The van der Waals surface area contributed by atoms with Gasteiger partial charge in [-0.1, -0.05) is 18.2 Å². The molecule has 0 saturated carbocycles. The molecular weight excluding hydrogens is 412 g/mol. The molecule has 7 nitrogen and oxygen atoms in total. The molecule has 3 aliphatic rings. The summed E-state index contributed by atoms with van der Waals surface area (Å²) >= 11 is 1.77. The lowest BCUT2D eigenvalue weighted by molar-refractivity contribution is -0.134. The molecule has 4 rings (SSSR count). The Morgan fingerprint density at radius 3 is 2.35 bits per heavy atom. The highest BCUT2D eigenvalue weighted by atomic mass is 32.2.